The predicted molar refractivity (Wildman–Crippen MR) is 417 cm³/mol. The number of ether oxygens (including phenoxy) is 2. The van der Waals surface area contributed by atoms with Gasteiger partial charge in [-0.3, -0.25) is 18.6 Å². The molecule has 0 radical (unpaired) electrons. The van der Waals surface area contributed by atoms with E-state index < -0.39 is 26.5 Å². The fourth-order valence-corrected chi connectivity index (χ4v) is 11.6. The van der Waals surface area contributed by atoms with E-state index in [9.17, 15) is 19.0 Å². The van der Waals surface area contributed by atoms with Gasteiger partial charge < -0.3 is 18.9 Å². The van der Waals surface area contributed by atoms with E-state index in [2.05, 4.69) is 160 Å². The number of phosphoric acid groups is 1. The van der Waals surface area contributed by atoms with E-state index in [1.807, 2.05) is 21.1 Å². The van der Waals surface area contributed by atoms with Gasteiger partial charge in [0.05, 0.1) is 27.7 Å². The maximum Gasteiger partial charge on any atom is 0.472 e. The van der Waals surface area contributed by atoms with Gasteiger partial charge in [0.25, 0.3) is 0 Å². The molecule has 2 unspecified atom stereocenters. The van der Waals surface area contributed by atoms with Crippen LogP contribution >= 0.6 is 7.82 Å². The summed E-state index contributed by atoms with van der Waals surface area (Å²) >= 11 is 0. The Morgan fingerprint density at radius 3 is 0.896 bits per heavy atom. The zero-order valence-corrected chi connectivity index (χ0v) is 63.7. The minimum Gasteiger partial charge on any atom is -0.462 e. The van der Waals surface area contributed by atoms with Gasteiger partial charge in [-0.2, -0.15) is 0 Å². The zero-order valence-electron chi connectivity index (χ0n) is 62.8. The van der Waals surface area contributed by atoms with Gasteiger partial charge in [-0.15, -0.1) is 0 Å². The number of hydrogen-bond donors (Lipinski definition) is 1. The Morgan fingerprint density at radius 2 is 0.594 bits per heavy atom. The van der Waals surface area contributed by atoms with Gasteiger partial charge in [0.15, 0.2) is 6.10 Å². The van der Waals surface area contributed by atoms with Crippen molar-refractivity contribution in [1.82, 2.24) is 0 Å². The number of allylic oxidation sites excluding steroid dienone is 24. The molecule has 0 heterocycles. The summed E-state index contributed by atoms with van der Waals surface area (Å²) in [5.74, 6) is -0.834. The lowest BCUT2D eigenvalue weighted by atomic mass is 10.0. The molecule has 0 aromatic heterocycles. The summed E-state index contributed by atoms with van der Waals surface area (Å²) in [5, 5.41) is 0. The molecule has 10 heteroatoms. The van der Waals surface area contributed by atoms with E-state index in [0.717, 1.165) is 109 Å². The van der Waals surface area contributed by atoms with E-state index in [4.69, 9.17) is 18.5 Å². The molecule has 96 heavy (non-hydrogen) atoms. The first-order chi connectivity index (χ1) is 47.0. The van der Waals surface area contributed by atoms with Crippen molar-refractivity contribution in [2.75, 3.05) is 47.5 Å². The van der Waals surface area contributed by atoms with Crippen LogP contribution in [0.3, 0.4) is 0 Å². The fraction of sp³-hybridized carbons (Fsp3) is 0.698. The van der Waals surface area contributed by atoms with Crippen molar-refractivity contribution in [2.24, 2.45) is 0 Å². The summed E-state index contributed by atoms with van der Waals surface area (Å²) in [4.78, 5) is 35.9. The molecule has 0 aromatic carbocycles. The molecule has 0 aliphatic rings. The van der Waals surface area contributed by atoms with E-state index in [1.165, 1.54) is 193 Å². The van der Waals surface area contributed by atoms with Crippen LogP contribution in [0, 0.1) is 0 Å². The quantitative estimate of drug-likeness (QED) is 0.0211. The van der Waals surface area contributed by atoms with Crippen LogP contribution in [0.4, 0.5) is 0 Å². The van der Waals surface area contributed by atoms with Crippen molar-refractivity contribution < 1.29 is 42.1 Å². The summed E-state index contributed by atoms with van der Waals surface area (Å²) < 4.78 is 34.7. The number of carbonyl (C=O) groups is 2. The van der Waals surface area contributed by atoms with Gasteiger partial charge in [-0.05, 0) is 122 Å². The van der Waals surface area contributed by atoms with Gasteiger partial charge in [0.2, 0.25) is 0 Å². The third-order valence-corrected chi connectivity index (χ3v) is 17.8. The molecule has 0 aliphatic carbocycles. The number of likely N-dealkylation sites (N-methyl/N-ethyl adjacent to an activating group) is 1. The van der Waals surface area contributed by atoms with Gasteiger partial charge in [-0.25, -0.2) is 4.57 Å². The first-order valence-corrected chi connectivity index (χ1v) is 41.1. The molecule has 0 spiro atoms. The zero-order chi connectivity index (χ0) is 69.7. The van der Waals surface area contributed by atoms with Crippen molar-refractivity contribution in [1.29, 1.82) is 0 Å². The molecule has 9 nitrogen and oxygen atoms in total. The van der Waals surface area contributed by atoms with Crippen LogP contribution < -0.4 is 0 Å². The molecule has 0 amide bonds. The van der Waals surface area contributed by atoms with Crippen molar-refractivity contribution in [3.63, 3.8) is 0 Å². The molecule has 0 saturated carbocycles. The fourth-order valence-electron chi connectivity index (χ4n) is 10.8. The summed E-state index contributed by atoms with van der Waals surface area (Å²) in [6.45, 7) is 4.28. The first kappa shape index (κ1) is 91.9. The van der Waals surface area contributed by atoms with Crippen LogP contribution in [-0.2, 0) is 32.7 Å². The third-order valence-electron chi connectivity index (χ3n) is 16.9. The molecule has 550 valence electrons. The number of phosphoric ester groups is 1. The summed E-state index contributed by atoms with van der Waals surface area (Å²) in [6, 6.07) is 0. The highest BCUT2D eigenvalue weighted by Gasteiger charge is 2.27. The number of quaternary nitrogens is 1. The molecule has 0 saturated heterocycles. The SMILES string of the molecule is CC/C=C\C/C=C\C/C=C\C/C=C\C/C=C\C/C=C\C/C=C\C/C=C\C/C=C\CCCCCC(=O)OC(COC(=O)CCCCCCCCCCCCCCCCCCCCCCCCCCCC/C=C\C/C=C\C/C=C\CCCCCCC)COP(=O)(O)OCC[N+](C)(C)C. The first-order valence-electron chi connectivity index (χ1n) is 39.6. The van der Waals surface area contributed by atoms with Crippen LogP contribution in [0.5, 0.6) is 0 Å². The molecular weight excluding hydrogens is 1210 g/mol. The van der Waals surface area contributed by atoms with Crippen molar-refractivity contribution in [2.45, 2.75) is 341 Å². The van der Waals surface area contributed by atoms with Gasteiger partial charge in [0, 0.05) is 12.8 Å². The van der Waals surface area contributed by atoms with E-state index in [1.54, 1.807) is 0 Å². The van der Waals surface area contributed by atoms with Crippen LogP contribution in [-0.4, -0.2) is 74.9 Å². The maximum absolute atomic E-state index is 12.9. The molecule has 1 N–H and O–H groups in total. The van der Waals surface area contributed by atoms with Gasteiger partial charge >= 0.3 is 19.8 Å². The molecule has 0 rings (SSSR count). The van der Waals surface area contributed by atoms with Gasteiger partial charge in [0.1, 0.15) is 19.8 Å². The Balaban J connectivity index is 4.01. The Labute approximate surface area is 593 Å². The predicted octanol–water partition coefficient (Wildman–Crippen LogP) is 26.5. The number of rotatable bonds is 72. The van der Waals surface area contributed by atoms with Crippen LogP contribution in [0.15, 0.2) is 146 Å². The number of esters is 2. The Hall–Kier alpha value is -4.11. The summed E-state index contributed by atoms with van der Waals surface area (Å²) in [6.07, 6.45) is 111. The molecule has 0 aromatic rings. The lowest BCUT2D eigenvalue weighted by Gasteiger charge is -2.24. The maximum atomic E-state index is 12.9. The van der Waals surface area contributed by atoms with Crippen LogP contribution in [0.2, 0.25) is 0 Å². The normalized spacial score (nSPS) is 13.9. The molecule has 0 bridgehead atoms. The summed E-state index contributed by atoms with van der Waals surface area (Å²) in [7, 11) is 1.45. The highest BCUT2D eigenvalue weighted by molar-refractivity contribution is 7.47. The van der Waals surface area contributed by atoms with Gasteiger partial charge in [-0.1, -0.05) is 346 Å². The second-order valence-corrected chi connectivity index (χ2v) is 28.8. The average Bonchev–Trinajstić information content (AvgIpc) is 1.97. The third kappa shape index (κ3) is 78.9. The minimum absolute atomic E-state index is 0.0189. The second-order valence-electron chi connectivity index (χ2n) is 27.4. The van der Waals surface area contributed by atoms with Crippen molar-refractivity contribution >= 4 is 19.8 Å². The molecule has 2 atom stereocenters. The van der Waals surface area contributed by atoms with Crippen LogP contribution in [0.1, 0.15) is 335 Å². The number of nitrogens with zero attached hydrogens (tertiary/aromatic N) is 1. The largest absolute Gasteiger partial charge is 0.472 e. The Kier molecular flexibility index (Phi) is 71.9. The van der Waals surface area contributed by atoms with Crippen molar-refractivity contribution in [3.8, 4) is 0 Å². The smallest absolute Gasteiger partial charge is 0.462 e. The molecule has 0 aliphatic heterocycles. The average molecular weight is 1360 g/mol. The van der Waals surface area contributed by atoms with E-state index in [0.29, 0.717) is 17.4 Å². The highest BCUT2D eigenvalue weighted by Crippen LogP contribution is 2.43. The lowest BCUT2D eigenvalue weighted by molar-refractivity contribution is -0.870. The summed E-state index contributed by atoms with van der Waals surface area (Å²) in [5.41, 5.74) is 0. The van der Waals surface area contributed by atoms with Crippen LogP contribution in [0.25, 0.3) is 0 Å². The topological polar surface area (TPSA) is 108 Å². The monoisotopic (exact) mass is 1360 g/mol. The second kappa shape index (κ2) is 75.1. The lowest BCUT2D eigenvalue weighted by Crippen LogP contribution is -2.37. The standard InChI is InChI=1S/C86H148NO8P/c1-6-8-10-12-14-16-18-20-22-24-26-28-30-32-34-36-38-39-40-41-42-43-44-45-46-47-49-50-52-54-56-58-60-62-64-66-68-70-72-74-76-78-85(88)92-82-84(83-94-96(90,91)93-81-80-87(3,4)5)95-86(89)79-77-75-73-71-69-67-65-63-61-59-57-55-53-51-48-37-35-33-31-29-27-25-23-21-19-17-15-13-11-9-7-2/h9,11,15,17-18,20-21,23-24,26-27,29-30,32-33,35,48,51,55,57,61,63,67,69,84H,6-8,10,12-14,16,19,22,25,28,31,34,36-47,49-50,52-54,56,58-60,62,64-66,68,70-83H2,1-5H3/p+1/b11-9-,17-15-,20-18-,23-21-,26-24-,29-27-,32-30-,35-33-,51-48-,57-55-,63-61-,69-67-. The highest BCUT2D eigenvalue weighted by atomic mass is 31.2. The minimum atomic E-state index is -4.41. The Morgan fingerprint density at radius 1 is 0.333 bits per heavy atom. The van der Waals surface area contributed by atoms with E-state index in [-0.39, 0.29) is 32.0 Å². The Bertz CT molecular complexity index is 2140. The van der Waals surface area contributed by atoms with Crippen molar-refractivity contribution in [3.05, 3.63) is 146 Å². The number of carbonyl (C=O) groups excluding carboxylic acids is 2. The van der Waals surface area contributed by atoms with E-state index >= 15 is 0 Å². The number of hydrogen-bond acceptors (Lipinski definition) is 7. The number of unbranched alkanes of at least 4 members (excludes halogenated alkanes) is 34. The molecular formula is C86H149NO8P+. The molecule has 0 fully saturated rings.